The van der Waals surface area contributed by atoms with Crippen molar-refractivity contribution in [1.82, 2.24) is 9.88 Å². The maximum absolute atomic E-state index is 13.5. The third kappa shape index (κ3) is 6.62. The Labute approximate surface area is 213 Å². The van der Waals surface area contributed by atoms with E-state index in [4.69, 9.17) is 18.9 Å². The molecule has 0 bridgehead atoms. The van der Waals surface area contributed by atoms with Crippen LogP contribution < -0.4 is 4.74 Å². The Morgan fingerprint density at radius 1 is 1.22 bits per heavy atom. The summed E-state index contributed by atoms with van der Waals surface area (Å²) in [5.74, 6) is -0.0526. The number of hydrogen-bond acceptors (Lipinski definition) is 8. The first-order valence-electron chi connectivity index (χ1n) is 12.5. The summed E-state index contributed by atoms with van der Waals surface area (Å²) < 4.78 is 22.3. The van der Waals surface area contributed by atoms with E-state index in [0.717, 1.165) is 42.4 Å². The standard InChI is InChI=1S/C28H38N2O6/c1-7-19-9-12-24(30(8-2)17-19)27(36-28(32)25(35-18(3)4)16-26(31)34-6)21-13-14-29-23-11-10-20(33-5)15-22(21)23/h7,10-11,13-15,18-19,24-25,27H,1,8-9,12,16-17H2,2-6H3/t19?,24-,25?,27+/m0/s1. The largest absolute Gasteiger partial charge is 0.497 e. The number of likely N-dealkylation sites (N-methyl/N-ethyl adjacent to an activating group) is 1. The van der Waals surface area contributed by atoms with E-state index >= 15 is 0 Å². The maximum Gasteiger partial charge on any atom is 0.336 e. The number of likely N-dealkylation sites (tertiary alicyclic amines) is 1. The second kappa shape index (κ2) is 12.8. The van der Waals surface area contributed by atoms with Gasteiger partial charge >= 0.3 is 11.9 Å². The number of piperidine rings is 1. The number of nitrogens with zero attached hydrogens (tertiary/aromatic N) is 2. The van der Waals surface area contributed by atoms with Gasteiger partial charge in [-0.25, -0.2) is 4.79 Å². The van der Waals surface area contributed by atoms with Crippen LogP contribution in [-0.2, 0) is 23.8 Å². The molecule has 2 unspecified atom stereocenters. The van der Waals surface area contributed by atoms with Crippen molar-refractivity contribution in [3.8, 4) is 5.75 Å². The molecule has 0 amide bonds. The monoisotopic (exact) mass is 498 g/mol. The highest BCUT2D eigenvalue weighted by Crippen LogP contribution is 2.37. The average molecular weight is 499 g/mol. The molecule has 2 aromatic rings. The zero-order chi connectivity index (χ0) is 26.2. The van der Waals surface area contributed by atoms with Gasteiger partial charge in [0.15, 0.2) is 6.10 Å². The number of hydrogen-bond donors (Lipinski definition) is 0. The number of carbonyl (C=O) groups excluding carboxylic acids is 2. The lowest BCUT2D eigenvalue weighted by Gasteiger charge is -2.42. The number of carbonyl (C=O) groups is 2. The minimum absolute atomic E-state index is 0.0650. The quantitative estimate of drug-likeness (QED) is 0.331. The highest BCUT2D eigenvalue weighted by Gasteiger charge is 2.38. The van der Waals surface area contributed by atoms with E-state index in [0.29, 0.717) is 11.7 Å². The van der Waals surface area contributed by atoms with Crippen molar-refractivity contribution in [1.29, 1.82) is 0 Å². The summed E-state index contributed by atoms with van der Waals surface area (Å²) in [7, 11) is 2.90. The number of benzene rings is 1. The van der Waals surface area contributed by atoms with E-state index in [-0.39, 0.29) is 18.6 Å². The molecular formula is C28H38N2O6. The van der Waals surface area contributed by atoms with Gasteiger partial charge < -0.3 is 18.9 Å². The van der Waals surface area contributed by atoms with Crippen LogP contribution in [0.3, 0.4) is 0 Å². The predicted molar refractivity (Wildman–Crippen MR) is 138 cm³/mol. The number of aromatic nitrogens is 1. The van der Waals surface area contributed by atoms with Gasteiger partial charge in [0.1, 0.15) is 11.9 Å². The fourth-order valence-electron chi connectivity index (χ4n) is 4.82. The van der Waals surface area contributed by atoms with Crippen LogP contribution in [0.25, 0.3) is 10.9 Å². The van der Waals surface area contributed by atoms with Crippen molar-refractivity contribution in [2.24, 2.45) is 5.92 Å². The summed E-state index contributed by atoms with van der Waals surface area (Å²) >= 11 is 0. The first kappa shape index (κ1) is 27.6. The second-order valence-electron chi connectivity index (χ2n) is 9.32. The van der Waals surface area contributed by atoms with Crippen LogP contribution in [-0.4, -0.2) is 67.4 Å². The molecule has 0 saturated carbocycles. The van der Waals surface area contributed by atoms with E-state index < -0.39 is 24.1 Å². The van der Waals surface area contributed by atoms with E-state index in [2.05, 4.69) is 23.4 Å². The Kier molecular flexibility index (Phi) is 9.84. The Morgan fingerprint density at radius 2 is 2.00 bits per heavy atom. The van der Waals surface area contributed by atoms with E-state index in [1.54, 1.807) is 13.3 Å². The van der Waals surface area contributed by atoms with Gasteiger partial charge in [0.05, 0.1) is 38.3 Å². The summed E-state index contributed by atoms with van der Waals surface area (Å²) in [6.07, 6.45) is 3.34. The van der Waals surface area contributed by atoms with Crippen LogP contribution in [0.5, 0.6) is 5.75 Å². The molecule has 0 spiro atoms. The van der Waals surface area contributed by atoms with Crippen LogP contribution in [0, 0.1) is 5.92 Å². The molecule has 1 saturated heterocycles. The minimum atomic E-state index is -1.07. The first-order chi connectivity index (χ1) is 17.3. The van der Waals surface area contributed by atoms with Crippen molar-refractivity contribution in [2.45, 2.75) is 64.4 Å². The van der Waals surface area contributed by atoms with Gasteiger partial charge in [-0.15, -0.1) is 6.58 Å². The van der Waals surface area contributed by atoms with Gasteiger partial charge in [0.25, 0.3) is 0 Å². The number of esters is 2. The molecule has 3 rings (SSSR count). The molecule has 0 N–H and O–H groups in total. The molecule has 1 aromatic heterocycles. The van der Waals surface area contributed by atoms with E-state index in [1.165, 1.54) is 7.11 Å². The molecule has 1 fully saturated rings. The normalized spacial score (nSPS) is 20.1. The highest BCUT2D eigenvalue weighted by molar-refractivity contribution is 5.85. The summed E-state index contributed by atoms with van der Waals surface area (Å²) in [5, 5.41) is 0.853. The molecule has 1 aliphatic heterocycles. The van der Waals surface area contributed by atoms with Gasteiger partial charge in [0.2, 0.25) is 0 Å². The molecule has 0 aliphatic carbocycles. The van der Waals surface area contributed by atoms with Crippen molar-refractivity contribution in [3.05, 3.63) is 48.7 Å². The molecule has 0 radical (unpaired) electrons. The fraction of sp³-hybridized carbons (Fsp3) is 0.536. The first-order valence-corrected chi connectivity index (χ1v) is 12.5. The number of methoxy groups -OCH3 is 2. The highest BCUT2D eigenvalue weighted by atomic mass is 16.6. The minimum Gasteiger partial charge on any atom is -0.497 e. The molecule has 8 nitrogen and oxygen atoms in total. The van der Waals surface area contributed by atoms with Crippen molar-refractivity contribution in [3.63, 3.8) is 0 Å². The lowest BCUT2D eigenvalue weighted by Crippen LogP contribution is -2.47. The van der Waals surface area contributed by atoms with Crippen LogP contribution in [0.2, 0.25) is 0 Å². The molecular weight excluding hydrogens is 460 g/mol. The van der Waals surface area contributed by atoms with E-state index in [1.807, 2.05) is 44.2 Å². The smallest absolute Gasteiger partial charge is 0.336 e. The number of rotatable bonds is 11. The topological polar surface area (TPSA) is 87.2 Å². The van der Waals surface area contributed by atoms with Crippen LogP contribution in [0.15, 0.2) is 43.1 Å². The second-order valence-corrected chi connectivity index (χ2v) is 9.32. The SMILES string of the molecule is C=CC1CC[C@@H]([C@H](OC(=O)C(CC(=O)OC)OC(C)C)c2ccnc3ccc(OC)cc23)N(CC)C1. The summed E-state index contributed by atoms with van der Waals surface area (Å²) in [4.78, 5) is 32.4. The lowest BCUT2D eigenvalue weighted by molar-refractivity contribution is -0.174. The summed E-state index contributed by atoms with van der Waals surface area (Å²) in [5.41, 5.74) is 1.62. The molecule has 8 heteroatoms. The van der Waals surface area contributed by atoms with Gasteiger partial charge in [-0.1, -0.05) is 13.0 Å². The zero-order valence-corrected chi connectivity index (χ0v) is 21.9. The van der Waals surface area contributed by atoms with Gasteiger partial charge in [-0.2, -0.15) is 0 Å². The molecule has 196 valence electrons. The predicted octanol–water partition coefficient (Wildman–Crippen LogP) is 4.47. The fourth-order valence-corrected chi connectivity index (χ4v) is 4.82. The average Bonchev–Trinajstić information content (AvgIpc) is 2.89. The van der Waals surface area contributed by atoms with Crippen molar-refractivity contribution < 1.29 is 28.5 Å². The summed E-state index contributed by atoms with van der Waals surface area (Å²) in [6.45, 7) is 11.3. The third-order valence-electron chi connectivity index (χ3n) is 6.67. The van der Waals surface area contributed by atoms with Gasteiger partial charge in [-0.05, 0) is 63.4 Å². The maximum atomic E-state index is 13.5. The third-order valence-corrected chi connectivity index (χ3v) is 6.67. The van der Waals surface area contributed by atoms with Crippen LogP contribution in [0.1, 0.15) is 51.7 Å². The Hall–Kier alpha value is -2.97. The summed E-state index contributed by atoms with van der Waals surface area (Å²) in [6, 6.07) is 7.50. The van der Waals surface area contributed by atoms with Crippen molar-refractivity contribution in [2.75, 3.05) is 27.3 Å². The molecule has 1 aliphatic rings. The lowest BCUT2D eigenvalue weighted by atomic mass is 9.86. The number of fused-ring (bicyclic) bond motifs is 1. The Bertz CT molecular complexity index is 1060. The Morgan fingerprint density at radius 3 is 2.64 bits per heavy atom. The molecule has 4 atom stereocenters. The Balaban J connectivity index is 2.05. The van der Waals surface area contributed by atoms with Crippen molar-refractivity contribution >= 4 is 22.8 Å². The number of pyridine rings is 1. The van der Waals surface area contributed by atoms with Gasteiger partial charge in [-0.3, -0.25) is 14.7 Å². The van der Waals surface area contributed by atoms with Crippen LogP contribution >= 0.6 is 0 Å². The molecule has 1 aromatic carbocycles. The molecule has 2 heterocycles. The van der Waals surface area contributed by atoms with Gasteiger partial charge in [0, 0.05) is 23.7 Å². The van der Waals surface area contributed by atoms with E-state index in [9.17, 15) is 9.59 Å². The molecule has 36 heavy (non-hydrogen) atoms. The van der Waals surface area contributed by atoms with Crippen LogP contribution in [0.4, 0.5) is 0 Å². The number of ether oxygens (including phenoxy) is 4. The zero-order valence-electron chi connectivity index (χ0n) is 21.9.